The average Bonchev–Trinajstić information content (AvgIpc) is 2.66. The van der Waals surface area contributed by atoms with Gasteiger partial charge in [0.15, 0.2) is 5.82 Å². The van der Waals surface area contributed by atoms with E-state index in [1.165, 1.54) is 0 Å². The topological polar surface area (TPSA) is 83.3 Å². The van der Waals surface area contributed by atoms with Crippen LogP contribution in [0, 0.1) is 17.0 Å². The van der Waals surface area contributed by atoms with Gasteiger partial charge in [0.1, 0.15) is 0 Å². The smallest absolute Gasteiger partial charge is 0.275 e. The first-order valence-corrected chi connectivity index (χ1v) is 5.97. The number of rotatable bonds is 3. The molecule has 0 unspecified atom stereocenters. The Hall–Kier alpha value is -1.67. The lowest BCUT2D eigenvalue weighted by Gasteiger charge is -2.30. The Morgan fingerprint density at radius 2 is 2.59 bits per heavy atom. The van der Waals surface area contributed by atoms with E-state index in [-0.39, 0.29) is 0 Å². The molecule has 7 nitrogen and oxygen atoms in total. The van der Waals surface area contributed by atoms with Crippen LogP contribution in [0.25, 0.3) is 0 Å². The van der Waals surface area contributed by atoms with E-state index in [1.54, 1.807) is 11.3 Å². The van der Waals surface area contributed by atoms with Crippen molar-refractivity contribution < 1.29 is 4.92 Å². The van der Waals surface area contributed by atoms with Crippen LogP contribution in [0.1, 0.15) is 9.88 Å². The number of aromatic nitrogens is 1. The van der Waals surface area contributed by atoms with Gasteiger partial charge in [0.2, 0.25) is 0 Å². The number of nitrogens with one attached hydrogen (secondary N) is 2. The first-order chi connectivity index (χ1) is 8.15. The van der Waals surface area contributed by atoms with Gasteiger partial charge in [0, 0.05) is 24.2 Å². The van der Waals surface area contributed by atoms with E-state index >= 15 is 0 Å². The van der Waals surface area contributed by atoms with E-state index in [2.05, 4.69) is 15.8 Å². The minimum Gasteiger partial charge on any atom is -0.346 e. The number of nitrogens with zero attached hydrogens (tertiary/aromatic N) is 3. The van der Waals surface area contributed by atoms with Crippen molar-refractivity contribution in [3.8, 4) is 0 Å². The third-order valence-corrected chi connectivity index (χ3v) is 3.20. The molecule has 8 heteroatoms. The minimum absolute atomic E-state index is 0.458. The zero-order chi connectivity index (χ0) is 12.3. The van der Waals surface area contributed by atoms with E-state index < -0.39 is 4.92 Å². The lowest BCUT2D eigenvalue weighted by Crippen LogP contribution is -2.49. The van der Waals surface area contributed by atoms with E-state index in [4.69, 9.17) is 0 Å². The van der Waals surface area contributed by atoms with Gasteiger partial charge in [-0.15, -0.1) is 11.3 Å². The standard InChI is InChI=1S/C9H13N5O2S/c1-7-10-4-8(17-7)5-13-3-2-11-12-9(13)6-14(15)16/h4,6,11-12H,2-3,5H2,1H3/b9-6-. The monoisotopic (exact) mass is 255 g/mol. The molecule has 0 amide bonds. The molecule has 2 N–H and O–H groups in total. The molecule has 1 aromatic rings. The number of thiazole rings is 1. The van der Waals surface area contributed by atoms with Crippen molar-refractivity contribution in [3.05, 3.63) is 38.2 Å². The van der Waals surface area contributed by atoms with Crippen molar-refractivity contribution >= 4 is 11.3 Å². The molecule has 0 aliphatic carbocycles. The molecule has 0 bridgehead atoms. The molecule has 0 atom stereocenters. The molecule has 0 radical (unpaired) electrons. The van der Waals surface area contributed by atoms with Gasteiger partial charge in [0.05, 0.1) is 16.5 Å². The summed E-state index contributed by atoms with van der Waals surface area (Å²) >= 11 is 1.60. The summed E-state index contributed by atoms with van der Waals surface area (Å²) in [6.45, 7) is 4.05. The van der Waals surface area contributed by atoms with Gasteiger partial charge >= 0.3 is 0 Å². The minimum atomic E-state index is -0.458. The second kappa shape index (κ2) is 5.11. The van der Waals surface area contributed by atoms with Gasteiger partial charge in [0.25, 0.3) is 6.20 Å². The van der Waals surface area contributed by atoms with E-state index in [0.29, 0.717) is 12.4 Å². The maximum absolute atomic E-state index is 10.5. The summed E-state index contributed by atoms with van der Waals surface area (Å²) in [7, 11) is 0. The Labute approximate surface area is 102 Å². The van der Waals surface area contributed by atoms with Crippen LogP contribution in [0.15, 0.2) is 18.2 Å². The van der Waals surface area contributed by atoms with Crippen molar-refractivity contribution in [1.29, 1.82) is 0 Å². The maximum atomic E-state index is 10.5. The maximum Gasteiger partial charge on any atom is 0.275 e. The molecule has 1 saturated heterocycles. The fourth-order valence-electron chi connectivity index (χ4n) is 1.59. The van der Waals surface area contributed by atoms with Crippen LogP contribution >= 0.6 is 11.3 Å². The molecule has 2 rings (SSSR count). The summed E-state index contributed by atoms with van der Waals surface area (Å²) in [6, 6.07) is 0. The number of hydrogen-bond donors (Lipinski definition) is 2. The predicted molar refractivity (Wildman–Crippen MR) is 63.5 cm³/mol. The number of aryl methyl sites for hydroxylation is 1. The second-order valence-corrected chi connectivity index (χ2v) is 4.94. The van der Waals surface area contributed by atoms with Gasteiger partial charge in [-0.05, 0) is 6.92 Å². The highest BCUT2D eigenvalue weighted by Gasteiger charge is 2.18. The lowest BCUT2D eigenvalue weighted by atomic mass is 10.4. The van der Waals surface area contributed by atoms with Crippen LogP contribution in [0.2, 0.25) is 0 Å². The van der Waals surface area contributed by atoms with Crippen molar-refractivity contribution in [2.24, 2.45) is 0 Å². The van der Waals surface area contributed by atoms with Gasteiger partial charge in [-0.1, -0.05) is 0 Å². The molecule has 92 valence electrons. The van der Waals surface area contributed by atoms with Gasteiger partial charge in [-0.25, -0.2) is 10.4 Å². The molecule has 0 saturated carbocycles. The number of nitro groups is 1. The highest BCUT2D eigenvalue weighted by atomic mass is 32.1. The summed E-state index contributed by atoms with van der Waals surface area (Å²) in [5.74, 6) is 0.479. The van der Waals surface area contributed by atoms with E-state index in [9.17, 15) is 10.1 Å². The van der Waals surface area contributed by atoms with Crippen LogP contribution < -0.4 is 10.9 Å². The molecule has 1 aliphatic heterocycles. The molecule has 1 fully saturated rings. The second-order valence-electron chi connectivity index (χ2n) is 3.62. The third kappa shape index (κ3) is 3.14. The van der Waals surface area contributed by atoms with Crippen LogP contribution in [0.3, 0.4) is 0 Å². The number of hydrazine groups is 1. The molecular formula is C9H13N5O2S. The fourth-order valence-corrected chi connectivity index (χ4v) is 2.40. The van der Waals surface area contributed by atoms with E-state index in [1.807, 2.05) is 18.0 Å². The SMILES string of the molecule is Cc1ncc(CN2CCNN/C2=C/[N+](=O)[O-])s1. The normalized spacial score (nSPS) is 18.2. The van der Waals surface area contributed by atoms with E-state index in [0.717, 1.165) is 29.2 Å². The van der Waals surface area contributed by atoms with Crippen LogP contribution in [0.5, 0.6) is 0 Å². The van der Waals surface area contributed by atoms with Crippen LogP contribution in [-0.2, 0) is 6.54 Å². The molecule has 1 aromatic heterocycles. The Kier molecular flexibility index (Phi) is 3.55. The first-order valence-electron chi connectivity index (χ1n) is 5.15. The average molecular weight is 255 g/mol. The van der Waals surface area contributed by atoms with Gasteiger partial charge in [-0.2, -0.15) is 0 Å². The van der Waals surface area contributed by atoms with Crippen molar-refractivity contribution in [2.75, 3.05) is 13.1 Å². The Morgan fingerprint density at radius 3 is 3.24 bits per heavy atom. The summed E-state index contributed by atoms with van der Waals surface area (Å²) in [5, 5.41) is 11.5. The van der Waals surface area contributed by atoms with Crippen molar-refractivity contribution in [1.82, 2.24) is 20.7 Å². The summed E-state index contributed by atoms with van der Waals surface area (Å²) < 4.78 is 0. The molecule has 17 heavy (non-hydrogen) atoms. The predicted octanol–water partition coefficient (Wildman–Crippen LogP) is 0.437. The Balaban J connectivity index is 2.09. The summed E-state index contributed by atoms with van der Waals surface area (Å²) in [6.07, 6.45) is 2.78. The summed E-state index contributed by atoms with van der Waals surface area (Å²) in [5.41, 5.74) is 5.69. The largest absolute Gasteiger partial charge is 0.346 e. The van der Waals surface area contributed by atoms with Crippen molar-refractivity contribution in [2.45, 2.75) is 13.5 Å². The Morgan fingerprint density at radius 1 is 1.76 bits per heavy atom. The third-order valence-electron chi connectivity index (χ3n) is 2.31. The highest BCUT2D eigenvalue weighted by molar-refractivity contribution is 7.11. The van der Waals surface area contributed by atoms with Crippen molar-refractivity contribution in [3.63, 3.8) is 0 Å². The van der Waals surface area contributed by atoms with Crippen LogP contribution in [0.4, 0.5) is 0 Å². The van der Waals surface area contributed by atoms with Gasteiger partial charge < -0.3 is 10.3 Å². The van der Waals surface area contributed by atoms with Gasteiger partial charge in [-0.3, -0.25) is 10.1 Å². The molecule has 0 aromatic carbocycles. The molecule has 1 aliphatic rings. The lowest BCUT2D eigenvalue weighted by molar-refractivity contribution is -0.405. The highest BCUT2D eigenvalue weighted by Crippen LogP contribution is 2.16. The van der Waals surface area contributed by atoms with Crippen LogP contribution in [-0.4, -0.2) is 27.9 Å². The molecular weight excluding hydrogens is 242 g/mol. The number of hydrogen-bond acceptors (Lipinski definition) is 7. The molecule has 2 heterocycles. The quantitative estimate of drug-likeness (QED) is 0.602. The fraction of sp³-hybridized carbons (Fsp3) is 0.444. The summed E-state index contributed by atoms with van der Waals surface area (Å²) in [4.78, 5) is 17.2. The zero-order valence-electron chi connectivity index (χ0n) is 9.34. The Bertz CT molecular complexity index is 444. The zero-order valence-corrected chi connectivity index (χ0v) is 10.2. The molecule has 0 spiro atoms. The first kappa shape index (κ1) is 11.8.